The van der Waals surface area contributed by atoms with Crippen LogP contribution in [0.4, 0.5) is 18.9 Å². The van der Waals surface area contributed by atoms with Crippen molar-refractivity contribution in [2.45, 2.75) is 43.5 Å². The second-order valence-corrected chi connectivity index (χ2v) is 8.26. The second kappa shape index (κ2) is 7.46. The molecule has 3 aromatic rings. The molecule has 4 rings (SSSR count). The van der Waals surface area contributed by atoms with E-state index in [2.05, 4.69) is 10.3 Å². The Balaban J connectivity index is 1.95. The highest BCUT2D eigenvalue weighted by Crippen LogP contribution is 2.55. The van der Waals surface area contributed by atoms with Gasteiger partial charge in [-0.1, -0.05) is 24.6 Å². The molecule has 9 heteroatoms. The molecular weight excluding hydrogens is 433 g/mol. The van der Waals surface area contributed by atoms with Crippen LogP contribution >= 0.6 is 11.6 Å². The second-order valence-electron chi connectivity index (χ2n) is 7.83. The maximum absolute atomic E-state index is 14.2. The van der Waals surface area contributed by atoms with Crippen LogP contribution in [0, 0.1) is 0 Å². The predicted molar refractivity (Wildman–Crippen MR) is 113 cm³/mol. The standard InChI is InChI=1S/C22H20ClF3N2O3/c1-2-11-10-21(31,22(24,25)26)20(14-8-12(23)9-17(29)19(11)14)28-16-5-3-4-15-13(16)6-7-18(30)27-15/h3-9,11,20,28-29,31H,2,10H2,1H3,(H,27,30)/t11-,20?,21-/m1/s1. The average molecular weight is 453 g/mol. The van der Waals surface area contributed by atoms with Crippen molar-refractivity contribution in [1.82, 2.24) is 4.98 Å². The summed E-state index contributed by atoms with van der Waals surface area (Å²) in [6, 6.07) is 8.55. The van der Waals surface area contributed by atoms with Gasteiger partial charge < -0.3 is 20.5 Å². The summed E-state index contributed by atoms with van der Waals surface area (Å²) in [5, 5.41) is 24.9. The van der Waals surface area contributed by atoms with Gasteiger partial charge in [0.05, 0.1) is 11.6 Å². The number of aromatic hydroxyl groups is 1. The number of halogens is 4. The fourth-order valence-electron chi connectivity index (χ4n) is 4.45. The van der Waals surface area contributed by atoms with Gasteiger partial charge in [0.15, 0.2) is 5.60 Å². The molecule has 5 nitrogen and oxygen atoms in total. The van der Waals surface area contributed by atoms with Gasteiger partial charge in [-0.05, 0) is 54.7 Å². The first-order valence-corrected chi connectivity index (χ1v) is 10.1. The van der Waals surface area contributed by atoms with E-state index < -0.39 is 30.2 Å². The number of aromatic amines is 1. The first kappa shape index (κ1) is 21.5. The van der Waals surface area contributed by atoms with Gasteiger partial charge in [0.25, 0.3) is 0 Å². The van der Waals surface area contributed by atoms with E-state index in [1.807, 2.05) is 0 Å². The van der Waals surface area contributed by atoms with E-state index in [0.29, 0.717) is 28.6 Å². The summed E-state index contributed by atoms with van der Waals surface area (Å²) in [6.45, 7) is 1.70. The van der Waals surface area contributed by atoms with Crippen LogP contribution < -0.4 is 10.9 Å². The van der Waals surface area contributed by atoms with Crippen molar-refractivity contribution in [3.63, 3.8) is 0 Å². The maximum atomic E-state index is 14.2. The first-order valence-electron chi connectivity index (χ1n) is 9.75. The fourth-order valence-corrected chi connectivity index (χ4v) is 4.68. The third-order valence-corrected chi connectivity index (χ3v) is 6.18. The topological polar surface area (TPSA) is 85.4 Å². The number of hydrogen-bond acceptors (Lipinski definition) is 4. The van der Waals surface area contributed by atoms with Gasteiger partial charge in [-0.25, -0.2) is 0 Å². The molecule has 1 aliphatic carbocycles. The van der Waals surface area contributed by atoms with Gasteiger partial charge in [-0.3, -0.25) is 4.79 Å². The summed E-state index contributed by atoms with van der Waals surface area (Å²) in [7, 11) is 0. The van der Waals surface area contributed by atoms with E-state index in [1.54, 1.807) is 25.1 Å². The Morgan fingerprint density at radius 3 is 2.68 bits per heavy atom. The highest BCUT2D eigenvalue weighted by molar-refractivity contribution is 6.30. The van der Waals surface area contributed by atoms with E-state index in [4.69, 9.17) is 11.6 Å². The van der Waals surface area contributed by atoms with Crippen molar-refractivity contribution in [3.8, 4) is 5.75 Å². The van der Waals surface area contributed by atoms with Crippen LogP contribution in [0.15, 0.2) is 47.3 Å². The van der Waals surface area contributed by atoms with E-state index in [1.165, 1.54) is 24.3 Å². The molecule has 0 amide bonds. The number of alkyl halides is 3. The molecule has 164 valence electrons. The molecule has 1 aliphatic rings. The summed E-state index contributed by atoms with van der Waals surface area (Å²) < 4.78 is 42.7. The van der Waals surface area contributed by atoms with Crippen molar-refractivity contribution in [2.75, 3.05) is 5.32 Å². The predicted octanol–water partition coefficient (Wildman–Crippen LogP) is 5.23. The number of anilines is 1. The molecule has 0 saturated carbocycles. The van der Waals surface area contributed by atoms with Crippen LogP contribution in [0.2, 0.25) is 5.02 Å². The van der Waals surface area contributed by atoms with Gasteiger partial charge in [0.1, 0.15) is 5.75 Å². The minimum atomic E-state index is -4.95. The number of pyridine rings is 1. The Morgan fingerprint density at radius 1 is 1.26 bits per heavy atom. The van der Waals surface area contributed by atoms with Crippen LogP contribution in [0.1, 0.15) is 42.9 Å². The lowest BCUT2D eigenvalue weighted by molar-refractivity contribution is -0.272. The van der Waals surface area contributed by atoms with E-state index in [-0.39, 0.29) is 21.9 Å². The fraction of sp³-hybridized carbons (Fsp3) is 0.318. The minimum Gasteiger partial charge on any atom is -0.508 e. The van der Waals surface area contributed by atoms with Gasteiger partial charge in [0, 0.05) is 27.7 Å². The molecule has 0 spiro atoms. The average Bonchev–Trinajstić information content (AvgIpc) is 2.68. The molecule has 3 atom stereocenters. The highest BCUT2D eigenvalue weighted by Gasteiger charge is 2.62. The van der Waals surface area contributed by atoms with Crippen LogP contribution in [0.3, 0.4) is 0 Å². The molecule has 1 heterocycles. The van der Waals surface area contributed by atoms with Gasteiger partial charge in [-0.15, -0.1) is 0 Å². The third kappa shape index (κ3) is 3.53. The Hall–Kier alpha value is -2.71. The summed E-state index contributed by atoms with van der Waals surface area (Å²) in [5.41, 5.74) is -2.30. The molecule has 1 unspecified atom stereocenters. The lowest BCUT2D eigenvalue weighted by Crippen LogP contribution is -2.55. The quantitative estimate of drug-likeness (QED) is 0.438. The highest BCUT2D eigenvalue weighted by atomic mass is 35.5. The number of H-pyrrole nitrogens is 1. The summed E-state index contributed by atoms with van der Waals surface area (Å²) in [6.07, 6.45) is -5.27. The third-order valence-electron chi connectivity index (χ3n) is 5.96. The van der Waals surface area contributed by atoms with Gasteiger partial charge in [-0.2, -0.15) is 13.2 Å². The monoisotopic (exact) mass is 452 g/mol. The number of phenolic OH excluding ortho intramolecular Hbond substituents is 1. The maximum Gasteiger partial charge on any atom is 0.419 e. The Morgan fingerprint density at radius 2 is 2.00 bits per heavy atom. The van der Waals surface area contributed by atoms with Gasteiger partial charge in [0.2, 0.25) is 5.56 Å². The summed E-state index contributed by atoms with van der Waals surface area (Å²) in [5.74, 6) is -0.909. The van der Waals surface area contributed by atoms with Crippen molar-refractivity contribution in [3.05, 3.63) is 69.0 Å². The molecule has 0 saturated heterocycles. The Kier molecular flexibility index (Phi) is 5.18. The van der Waals surface area contributed by atoms with Crippen molar-refractivity contribution >= 4 is 28.2 Å². The Bertz CT molecular complexity index is 1210. The molecule has 31 heavy (non-hydrogen) atoms. The normalized spacial score (nSPS) is 23.5. The van der Waals surface area contributed by atoms with E-state index in [9.17, 15) is 28.2 Å². The molecule has 2 aromatic carbocycles. The zero-order chi connectivity index (χ0) is 22.6. The van der Waals surface area contributed by atoms with Crippen molar-refractivity contribution in [2.24, 2.45) is 0 Å². The van der Waals surface area contributed by atoms with E-state index in [0.717, 1.165) is 0 Å². The summed E-state index contributed by atoms with van der Waals surface area (Å²) >= 11 is 6.07. The van der Waals surface area contributed by atoms with Crippen LogP contribution in [0.5, 0.6) is 5.75 Å². The number of phenols is 1. The van der Waals surface area contributed by atoms with Crippen LogP contribution in [0.25, 0.3) is 10.9 Å². The Labute approximate surface area is 180 Å². The minimum absolute atomic E-state index is 0.0616. The van der Waals surface area contributed by atoms with Crippen LogP contribution in [-0.4, -0.2) is 27.0 Å². The smallest absolute Gasteiger partial charge is 0.419 e. The number of rotatable bonds is 3. The van der Waals surface area contributed by atoms with Crippen molar-refractivity contribution in [1.29, 1.82) is 0 Å². The molecule has 1 aromatic heterocycles. The SMILES string of the molecule is CC[C@@H]1C[C@](O)(C(F)(F)F)C(Nc2cccc3[nH]c(=O)ccc23)c2cc(Cl)cc(O)c21. The number of aromatic nitrogens is 1. The number of fused-ring (bicyclic) bond motifs is 2. The molecule has 0 bridgehead atoms. The molecule has 4 N–H and O–H groups in total. The number of benzene rings is 2. The first-order chi connectivity index (χ1) is 14.5. The van der Waals surface area contributed by atoms with Crippen molar-refractivity contribution < 1.29 is 23.4 Å². The lowest BCUT2D eigenvalue weighted by Gasteiger charge is -2.46. The van der Waals surface area contributed by atoms with Gasteiger partial charge >= 0.3 is 6.18 Å². The molecule has 0 aliphatic heterocycles. The summed E-state index contributed by atoms with van der Waals surface area (Å²) in [4.78, 5) is 14.3. The largest absolute Gasteiger partial charge is 0.508 e. The zero-order valence-corrected chi connectivity index (χ0v) is 17.2. The lowest BCUT2D eigenvalue weighted by atomic mass is 9.69. The molecule has 0 radical (unpaired) electrons. The number of nitrogens with one attached hydrogen (secondary N) is 2. The number of hydrogen-bond donors (Lipinski definition) is 4. The zero-order valence-electron chi connectivity index (χ0n) is 16.4. The van der Waals surface area contributed by atoms with E-state index >= 15 is 0 Å². The molecule has 0 fully saturated rings. The number of aliphatic hydroxyl groups is 1. The molecular formula is C22H20ClF3N2O3. The van der Waals surface area contributed by atoms with Crippen LogP contribution in [-0.2, 0) is 0 Å².